The summed E-state index contributed by atoms with van der Waals surface area (Å²) >= 11 is 1.53. The van der Waals surface area contributed by atoms with Crippen LogP contribution in [0.5, 0.6) is 0 Å². The molecular formula is C19H17NO2S. The molecule has 0 aliphatic carbocycles. The van der Waals surface area contributed by atoms with Gasteiger partial charge in [-0.2, -0.15) is 0 Å². The predicted molar refractivity (Wildman–Crippen MR) is 95.7 cm³/mol. The average Bonchev–Trinajstić information content (AvgIpc) is 2.92. The van der Waals surface area contributed by atoms with Crippen molar-refractivity contribution in [2.75, 3.05) is 0 Å². The highest BCUT2D eigenvalue weighted by molar-refractivity contribution is 7.19. The number of benzene rings is 2. The first-order valence-corrected chi connectivity index (χ1v) is 8.20. The smallest absolute Gasteiger partial charge is 0.307 e. The Morgan fingerprint density at radius 3 is 2.70 bits per heavy atom. The summed E-state index contributed by atoms with van der Waals surface area (Å²) in [4.78, 5) is 15.9. The third-order valence-electron chi connectivity index (χ3n) is 3.67. The van der Waals surface area contributed by atoms with Gasteiger partial charge in [-0.05, 0) is 48.8 Å². The Balaban J connectivity index is 2.09. The number of aliphatic carboxylic acids is 1. The van der Waals surface area contributed by atoms with Gasteiger partial charge in [-0.15, -0.1) is 11.3 Å². The zero-order valence-electron chi connectivity index (χ0n) is 13.0. The van der Waals surface area contributed by atoms with Crippen LogP contribution >= 0.6 is 11.3 Å². The maximum Gasteiger partial charge on any atom is 0.307 e. The van der Waals surface area contributed by atoms with E-state index in [1.807, 2.05) is 56.3 Å². The molecule has 3 rings (SSSR count). The quantitative estimate of drug-likeness (QED) is 0.740. The fourth-order valence-electron chi connectivity index (χ4n) is 2.54. The van der Waals surface area contributed by atoms with E-state index < -0.39 is 5.97 Å². The minimum Gasteiger partial charge on any atom is -0.481 e. The van der Waals surface area contributed by atoms with Crippen LogP contribution in [0, 0.1) is 13.8 Å². The van der Waals surface area contributed by atoms with E-state index in [4.69, 9.17) is 0 Å². The summed E-state index contributed by atoms with van der Waals surface area (Å²) in [6.45, 7) is 4.09. The highest BCUT2D eigenvalue weighted by Crippen LogP contribution is 2.30. The number of fused-ring (bicyclic) bond motifs is 1. The van der Waals surface area contributed by atoms with Gasteiger partial charge in [-0.3, -0.25) is 4.79 Å². The molecule has 0 fully saturated rings. The van der Waals surface area contributed by atoms with Crippen molar-refractivity contribution in [3.8, 4) is 0 Å². The van der Waals surface area contributed by atoms with Gasteiger partial charge >= 0.3 is 5.97 Å². The van der Waals surface area contributed by atoms with E-state index in [9.17, 15) is 9.90 Å². The van der Waals surface area contributed by atoms with Crippen LogP contribution in [0.15, 0.2) is 42.5 Å². The molecule has 1 aromatic heterocycles. The molecule has 0 spiro atoms. The molecule has 116 valence electrons. The van der Waals surface area contributed by atoms with Gasteiger partial charge in [0.25, 0.3) is 0 Å². The van der Waals surface area contributed by atoms with Crippen LogP contribution in [0.2, 0.25) is 0 Å². The van der Waals surface area contributed by atoms with Crippen molar-refractivity contribution in [2.24, 2.45) is 0 Å². The molecule has 0 bridgehead atoms. The lowest BCUT2D eigenvalue weighted by molar-refractivity contribution is -0.135. The van der Waals surface area contributed by atoms with Crippen molar-refractivity contribution in [1.29, 1.82) is 0 Å². The number of carbonyl (C=O) groups is 1. The Morgan fingerprint density at radius 2 is 2.00 bits per heavy atom. The molecule has 0 aliphatic rings. The monoisotopic (exact) mass is 323 g/mol. The summed E-state index contributed by atoms with van der Waals surface area (Å²) in [6.07, 6.45) is 1.91. The van der Waals surface area contributed by atoms with E-state index in [-0.39, 0.29) is 6.42 Å². The van der Waals surface area contributed by atoms with Crippen LogP contribution in [0.4, 0.5) is 0 Å². The Morgan fingerprint density at radius 1 is 1.22 bits per heavy atom. The Bertz CT molecular complexity index is 876. The number of aromatic nitrogens is 1. The van der Waals surface area contributed by atoms with E-state index >= 15 is 0 Å². The number of thiazole rings is 1. The number of hydrogen-bond donors (Lipinski definition) is 1. The maximum absolute atomic E-state index is 11.3. The van der Waals surface area contributed by atoms with Crippen LogP contribution in [0.3, 0.4) is 0 Å². The lowest BCUT2D eigenvalue weighted by Crippen LogP contribution is -1.97. The summed E-state index contributed by atoms with van der Waals surface area (Å²) in [7, 11) is 0. The molecule has 1 heterocycles. The molecule has 0 saturated heterocycles. The number of carboxylic acid groups (broad SMARTS) is 1. The van der Waals surface area contributed by atoms with Crippen LogP contribution in [0.25, 0.3) is 21.9 Å². The fraction of sp³-hybridized carbons (Fsp3) is 0.158. The maximum atomic E-state index is 11.3. The number of nitrogens with zero attached hydrogens (tertiary/aromatic N) is 1. The standard InChI is InChI=1S/C19H17NO2S/c1-12-7-8-14(13(2)9-12)10-15(11-18(21)22)19-20-16-5-3-4-6-17(16)23-19/h3-10H,11H2,1-2H3,(H,21,22). The second-order valence-electron chi connectivity index (χ2n) is 5.59. The minimum atomic E-state index is -0.847. The number of carboxylic acids is 1. The molecular weight excluding hydrogens is 306 g/mol. The summed E-state index contributed by atoms with van der Waals surface area (Å²) in [6, 6.07) is 14.0. The van der Waals surface area contributed by atoms with E-state index in [1.165, 1.54) is 16.9 Å². The lowest BCUT2D eigenvalue weighted by Gasteiger charge is -2.05. The van der Waals surface area contributed by atoms with Gasteiger partial charge in [-0.1, -0.05) is 35.9 Å². The van der Waals surface area contributed by atoms with Gasteiger partial charge in [-0.25, -0.2) is 4.98 Å². The second-order valence-corrected chi connectivity index (χ2v) is 6.62. The molecule has 0 atom stereocenters. The van der Waals surface area contributed by atoms with Crippen molar-refractivity contribution < 1.29 is 9.90 Å². The summed E-state index contributed by atoms with van der Waals surface area (Å²) in [5.41, 5.74) is 5.01. The van der Waals surface area contributed by atoms with Crippen molar-refractivity contribution in [3.05, 3.63) is 64.2 Å². The summed E-state index contributed by atoms with van der Waals surface area (Å²) < 4.78 is 1.07. The molecule has 23 heavy (non-hydrogen) atoms. The molecule has 0 amide bonds. The van der Waals surface area contributed by atoms with Crippen LogP contribution in [-0.4, -0.2) is 16.1 Å². The van der Waals surface area contributed by atoms with E-state index in [0.29, 0.717) is 0 Å². The summed E-state index contributed by atoms with van der Waals surface area (Å²) in [5, 5.41) is 10.0. The fourth-order valence-corrected chi connectivity index (χ4v) is 3.52. The van der Waals surface area contributed by atoms with Crippen molar-refractivity contribution >= 4 is 39.2 Å². The molecule has 2 aromatic carbocycles. The lowest BCUT2D eigenvalue weighted by atomic mass is 10.0. The molecule has 3 nitrogen and oxygen atoms in total. The van der Waals surface area contributed by atoms with Gasteiger partial charge in [0.1, 0.15) is 5.01 Å². The average molecular weight is 323 g/mol. The SMILES string of the molecule is Cc1ccc(C=C(CC(=O)O)c2nc3ccccc3s2)c(C)c1. The van der Waals surface area contributed by atoms with Gasteiger partial charge in [0, 0.05) is 0 Å². The molecule has 0 radical (unpaired) electrons. The number of aryl methyl sites for hydroxylation is 2. The van der Waals surface area contributed by atoms with Gasteiger partial charge in [0.15, 0.2) is 0 Å². The van der Waals surface area contributed by atoms with Crippen LogP contribution < -0.4 is 0 Å². The first-order chi connectivity index (χ1) is 11.0. The van der Waals surface area contributed by atoms with Gasteiger partial charge < -0.3 is 5.11 Å². The third kappa shape index (κ3) is 3.48. The van der Waals surface area contributed by atoms with Gasteiger partial charge in [0.05, 0.1) is 16.6 Å². The third-order valence-corrected chi connectivity index (χ3v) is 4.78. The Hall–Kier alpha value is -2.46. The number of hydrogen-bond acceptors (Lipinski definition) is 3. The largest absolute Gasteiger partial charge is 0.481 e. The Labute approximate surface area is 138 Å². The van der Waals surface area contributed by atoms with Crippen molar-refractivity contribution in [1.82, 2.24) is 4.98 Å². The number of para-hydroxylation sites is 1. The van der Waals surface area contributed by atoms with Crippen LogP contribution in [-0.2, 0) is 4.79 Å². The summed E-state index contributed by atoms with van der Waals surface area (Å²) in [5.74, 6) is -0.847. The molecule has 4 heteroatoms. The normalized spacial score (nSPS) is 11.8. The molecule has 0 unspecified atom stereocenters. The van der Waals surface area contributed by atoms with Crippen molar-refractivity contribution in [2.45, 2.75) is 20.3 Å². The zero-order chi connectivity index (χ0) is 16.4. The van der Waals surface area contributed by atoms with Crippen LogP contribution in [0.1, 0.15) is 28.1 Å². The Kier molecular flexibility index (Phi) is 4.26. The highest BCUT2D eigenvalue weighted by atomic mass is 32.1. The number of rotatable bonds is 4. The van der Waals surface area contributed by atoms with Crippen molar-refractivity contribution in [3.63, 3.8) is 0 Å². The van der Waals surface area contributed by atoms with E-state index in [0.717, 1.165) is 31.9 Å². The molecule has 1 N–H and O–H groups in total. The van der Waals surface area contributed by atoms with Gasteiger partial charge in [0.2, 0.25) is 0 Å². The first-order valence-electron chi connectivity index (χ1n) is 7.38. The minimum absolute atomic E-state index is 0.0346. The van der Waals surface area contributed by atoms with E-state index in [1.54, 1.807) is 0 Å². The zero-order valence-corrected chi connectivity index (χ0v) is 13.9. The first kappa shape index (κ1) is 15.4. The molecule has 3 aromatic rings. The topological polar surface area (TPSA) is 50.2 Å². The predicted octanol–water partition coefficient (Wildman–Crippen LogP) is 4.93. The highest BCUT2D eigenvalue weighted by Gasteiger charge is 2.13. The van der Waals surface area contributed by atoms with E-state index in [2.05, 4.69) is 11.1 Å². The molecule has 0 saturated carbocycles. The second kappa shape index (κ2) is 6.34. The molecule has 0 aliphatic heterocycles.